The first-order valence-electron chi connectivity index (χ1n) is 9.03. The van der Waals surface area contributed by atoms with Crippen molar-refractivity contribution < 1.29 is 18.8 Å². The van der Waals surface area contributed by atoms with E-state index in [0.29, 0.717) is 42.2 Å². The van der Waals surface area contributed by atoms with Crippen LogP contribution in [0.15, 0.2) is 28.8 Å². The summed E-state index contributed by atoms with van der Waals surface area (Å²) >= 11 is 0. The lowest BCUT2D eigenvalue weighted by molar-refractivity contribution is -0.114. The molecule has 1 aromatic heterocycles. The van der Waals surface area contributed by atoms with Crippen LogP contribution in [0.5, 0.6) is 5.75 Å². The number of aromatic nitrogens is 2. The molecule has 1 saturated heterocycles. The third-order valence-corrected chi connectivity index (χ3v) is 4.35. The Morgan fingerprint density at radius 2 is 1.89 bits per heavy atom. The van der Waals surface area contributed by atoms with E-state index in [9.17, 15) is 9.59 Å². The van der Waals surface area contributed by atoms with Crippen LogP contribution in [-0.4, -0.2) is 39.9 Å². The first-order chi connectivity index (χ1) is 12.9. The number of piperidine rings is 1. The summed E-state index contributed by atoms with van der Waals surface area (Å²) in [5, 5.41) is 6.51. The minimum absolute atomic E-state index is 0.00379. The quantitative estimate of drug-likeness (QED) is 0.867. The number of anilines is 1. The van der Waals surface area contributed by atoms with E-state index in [2.05, 4.69) is 29.3 Å². The molecule has 1 aliphatic heterocycles. The van der Waals surface area contributed by atoms with Crippen LogP contribution in [0.2, 0.25) is 0 Å². The number of hydrogen-bond donors (Lipinski definition) is 1. The number of carbonyl (C=O) groups is 2. The highest BCUT2D eigenvalue weighted by Crippen LogP contribution is 2.22. The highest BCUT2D eigenvalue weighted by atomic mass is 16.5. The fourth-order valence-corrected chi connectivity index (χ4v) is 3.35. The zero-order valence-corrected chi connectivity index (χ0v) is 15.8. The van der Waals surface area contributed by atoms with E-state index in [1.165, 1.54) is 6.92 Å². The number of nitrogens with one attached hydrogen (secondary N) is 1. The van der Waals surface area contributed by atoms with Crippen LogP contribution < -0.4 is 10.1 Å². The Labute approximate surface area is 157 Å². The molecule has 1 fully saturated rings. The van der Waals surface area contributed by atoms with E-state index in [1.807, 2.05) is 0 Å². The third-order valence-electron chi connectivity index (χ3n) is 4.35. The lowest BCUT2D eigenvalue weighted by Gasteiger charge is -2.33. The molecule has 2 atom stereocenters. The zero-order chi connectivity index (χ0) is 19.4. The number of nitrogens with zero attached hydrogens (tertiary/aromatic N) is 3. The molecule has 1 aromatic carbocycles. The standard InChI is InChI=1S/C19H24N4O4/c1-12-8-13(2)10-23(9-12)19(25)18-21-17(22-27-18)11-26-16-6-4-15(5-7-16)20-14(3)24/h4-7,12-13H,8-11H2,1-3H3,(H,20,24)/t12-,13+. The molecule has 8 heteroatoms. The summed E-state index contributed by atoms with van der Waals surface area (Å²) in [6.45, 7) is 7.23. The fraction of sp³-hybridized carbons (Fsp3) is 0.474. The maximum absolute atomic E-state index is 12.6. The Balaban J connectivity index is 1.56. The number of ether oxygens (including phenoxy) is 1. The van der Waals surface area contributed by atoms with Gasteiger partial charge in [-0.1, -0.05) is 19.0 Å². The summed E-state index contributed by atoms with van der Waals surface area (Å²) in [6.07, 6.45) is 1.12. The van der Waals surface area contributed by atoms with Gasteiger partial charge in [-0.3, -0.25) is 9.59 Å². The normalized spacial score (nSPS) is 19.6. The van der Waals surface area contributed by atoms with Gasteiger partial charge in [-0.25, -0.2) is 0 Å². The topological polar surface area (TPSA) is 97.6 Å². The van der Waals surface area contributed by atoms with Gasteiger partial charge in [0.05, 0.1) is 0 Å². The Morgan fingerprint density at radius 3 is 2.52 bits per heavy atom. The second-order valence-electron chi connectivity index (χ2n) is 7.17. The first-order valence-corrected chi connectivity index (χ1v) is 9.03. The predicted molar refractivity (Wildman–Crippen MR) is 98.2 cm³/mol. The van der Waals surface area contributed by atoms with E-state index in [1.54, 1.807) is 29.2 Å². The minimum atomic E-state index is -0.230. The maximum atomic E-state index is 12.6. The van der Waals surface area contributed by atoms with Gasteiger partial charge in [-0.15, -0.1) is 0 Å². The Morgan fingerprint density at radius 1 is 1.22 bits per heavy atom. The highest BCUT2D eigenvalue weighted by Gasteiger charge is 2.29. The molecule has 2 amide bonds. The molecule has 8 nitrogen and oxygen atoms in total. The summed E-state index contributed by atoms with van der Waals surface area (Å²) < 4.78 is 10.7. The average Bonchev–Trinajstić information content (AvgIpc) is 3.08. The summed E-state index contributed by atoms with van der Waals surface area (Å²) in [5.74, 6) is 1.46. The van der Waals surface area contributed by atoms with Crippen molar-refractivity contribution in [2.45, 2.75) is 33.8 Å². The van der Waals surface area contributed by atoms with Crippen molar-refractivity contribution in [2.24, 2.45) is 11.8 Å². The lowest BCUT2D eigenvalue weighted by Crippen LogP contribution is -2.42. The number of rotatable bonds is 5. The largest absolute Gasteiger partial charge is 0.485 e. The molecular formula is C19H24N4O4. The molecule has 1 aliphatic rings. The number of likely N-dealkylation sites (tertiary alicyclic amines) is 1. The Kier molecular flexibility index (Phi) is 5.73. The number of amides is 2. The summed E-state index contributed by atoms with van der Waals surface area (Å²) in [6, 6.07) is 6.93. The van der Waals surface area contributed by atoms with Crippen LogP contribution in [0, 0.1) is 11.8 Å². The van der Waals surface area contributed by atoms with Crippen molar-refractivity contribution in [3.8, 4) is 5.75 Å². The second kappa shape index (κ2) is 8.20. The molecular weight excluding hydrogens is 348 g/mol. The molecule has 0 aliphatic carbocycles. The second-order valence-corrected chi connectivity index (χ2v) is 7.17. The van der Waals surface area contributed by atoms with Crippen LogP contribution in [0.25, 0.3) is 0 Å². The molecule has 0 bridgehead atoms. The molecule has 0 radical (unpaired) electrons. The van der Waals surface area contributed by atoms with Crippen LogP contribution in [0.4, 0.5) is 5.69 Å². The van der Waals surface area contributed by atoms with Crippen LogP contribution in [0.1, 0.15) is 43.7 Å². The highest BCUT2D eigenvalue weighted by molar-refractivity contribution is 5.89. The van der Waals surface area contributed by atoms with Gasteiger partial charge in [0.1, 0.15) is 5.75 Å². The predicted octanol–water partition coefficient (Wildman–Crippen LogP) is 2.73. The third kappa shape index (κ3) is 5.06. The SMILES string of the molecule is CC(=O)Nc1ccc(OCc2noc(C(=O)N3C[C@H](C)C[C@H](C)C3)n2)cc1. The van der Waals surface area contributed by atoms with Gasteiger partial charge in [0.25, 0.3) is 0 Å². The van der Waals surface area contributed by atoms with Gasteiger partial charge in [-0.2, -0.15) is 4.98 Å². The molecule has 2 heterocycles. The van der Waals surface area contributed by atoms with Crippen LogP contribution >= 0.6 is 0 Å². The molecule has 1 N–H and O–H groups in total. The fourth-order valence-electron chi connectivity index (χ4n) is 3.35. The molecule has 2 aromatic rings. The van der Waals surface area contributed by atoms with E-state index in [-0.39, 0.29) is 24.3 Å². The van der Waals surface area contributed by atoms with Gasteiger partial charge in [0.15, 0.2) is 6.61 Å². The Bertz CT molecular complexity index is 792. The van der Waals surface area contributed by atoms with Crippen molar-refractivity contribution >= 4 is 17.5 Å². The summed E-state index contributed by atoms with van der Waals surface area (Å²) in [7, 11) is 0. The monoisotopic (exact) mass is 372 g/mol. The smallest absolute Gasteiger partial charge is 0.316 e. The van der Waals surface area contributed by atoms with E-state index < -0.39 is 0 Å². The van der Waals surface area contributed by atoms with Gasteiger partial charge >= 0.3 is 11.8 Å². The summed E-state index contributed by atoms with van der Waals surface area (Å²) in [4.78, 5) is 29.5. The van der Waals surface area contributed by atoms with Crippen molar-refractivity contribution in [1.29, 1.82) is 0 Å². The minimum Gasteiger partial charge on any atom is -0.485 e. The molecule has 27 heavy (non-hydrogen) atoms. The maximum Gasteiger partial charge on any atom is 0.316 e. The molecule has 3 rings (SSSR count). The van der Waals surface area contributed by atoms with Gasteiger partial charge in [-0.05, 0) is 42.5 Å². The lowest BCUT2D eigenvalue weighted by atomic mass is 9.92. The zero-order valence-electron chi connectivity index (χ0n) is 15.8. The van der Waals surface area contributed by atoms with Crippen molar-refractivity contribution in [3.63, 3.8) is 0 Å². The van der Waals surface area contributed by atoms with Crippen molar-refractivity contribution in [1.82, 2.24) is 15.0 Å². The summed E-state index contributed by atoms with van der Waals surface area (Å²) in [5.41, 5.74) is 0.687. The number of carbonyl (C=O) groups excluding carboxylic acids is 2. The first kappa shape index (κ1) is 18.9. The van der Waals surface area contributed by atoms with Gasteiger partial charge in [0.2, 0.25) is 11.7 Å². The van der Waals surface area contributed by atoms with Crippen molar-refractivity contribution in [2.75, 3.05) is 18.4 Å². The molecule has 0 unspecified atom stereocenters. The van der Waals surface area contributed by atoms with Crippen molar-refractivity contribution in [3.05, 3.63) is 36.0 Å². The van der Waals surface area contributed by atoms with Gasteiger partial charge in [0, 0.05) is 25.7 Å². The van der Waals surface area contributed by atoms with E-state index >= 15 is 0 Å². The number of hydrogen-bond acceptors (Lipinski definition) is 6. The van der Waals surface area contributed by atoms with Gasteiger partial charge < -0.3 is 19.5 Å². The Hall–Kier alpha value is -2.90. The van der Waals surface area contributed by atoms with Crippen LogP contribution in [-0.2, 0) is 11.4 Å². The van der Waals surface area contributed by atoms with E-state index in [4.69, 9.17) is 9.26 Å². The van der Waals surface area contributed by atoms with E-state index in [0.717, 1.165) is 6.42 Å². The van der Waals surface area contributed by atoms with Crippen LogP contribution in [0.3, 0.4) is 0 Å². The average molecular weight is 372 g/mol. The molecule has 144 valence electrons. The number of benzene rings is 1. The molecule has 0 spiro atoms. The molecule has 0 saturated carbocycles.